The van der Waals surface area contributed by atoms with E-state index in [9.17, 15) is 22.8 Å². The van der Waals surface area contributed by atoms with Crippen molar-refractivity contribution in [2.75, 3.05) is 24.7 Å². The number of nitrogens with zero attached hydrogens (tertiary/aromatic N) is 1. The molecule has 1 unspecified atom stereocenters. The lowest BCUT2D eigenvalue weighted by Crippen LogP contribution is -2.20. The SMILES string of the molecule is CCC(=O)c1ccc(OCC(=O)OCC(=O)c2cc(C)n(C3CCS(=O)(=O)C3)c2C)cc1. The highest BCUT2D eigenvalue weighted by Gasteiger charge is 2.31. The van der Waals surface area contributed by atoms with E-state index in [1.54, 1.807) is 44.2 Å². The summed E-state index contributed by atoms with van der Waals surface area (Å²) in [5, 5.41) is 0. The number of aromatic nitrogens is 1. The van der Waals surface area contributed by atoms with Crippen LogP contribution in [0.1, 0.15) is 57.9 Å². The number of carbonyl (C=O) groups is 3. The van der Waals surface area contributed by atoms with Crippen molar-refractivity contribution in [3.8, 4) is 5.75 Å². The molecule has 32 heavy (non-hydrogen) atoms. The van der Waals surface area contributed by atoms with Gasteiger partial charge < -0.3 is 14.0 Å². The molecule has 2 heterocycles. The van der Waals surface area contributed by atoms with Gasteiger partial charge in [0.25, 0.3) is 0 Å². The van der Waals surface area contributed by atoms with Gasteiger partial charge >= 0.3 is 5.97 Å². The van der Waals surface area contributed by atoms with Crippen LogP contribution in [-0.2, 0) is 19.4 Å². The van der Waals surface area contributed by atoms with Gasteiger partial charge in [0.1, 0.15) is 5.75 Å². The minimum atomic E-state index is -3.05. The Labute approximate surface area is 187 Å². The summed E-state index contributed by atoms with van der Waals surface area (Å²) in [6.45, 7) is 4.57. The van der Waals surface area contributed by atoms with Gasteiger partial charge in [-0.1, -0.05) is 6.92 Å². The van der Waals surface area contributed by atoms with Crippen LogP contribution in [0.5, 0.6) is 5.75 Å². The summed E-state index contributed by atoms with van der Waals surface area (Å²) in [5.74, 6) is -0.410. The summed E-state index contributed by atoms with van der Waals surface area (Å²) in [6.07, 6.45) is 0.926. The molecule has 1 aromatic carbocycles. The largest absolute Gasteiger partial charge is 0.482 e. The fourth-order valence-corrected chi connectivity index (χ4v) is 5.65. The molecule has 1 atom stereocenters. The van der Waals surface area contributed by atoms with E-state index in [1.165, 1.54) is 0 Å². The maximum absolute atomic E-state index is 12.6. The van der Waals surface area contributed by atoms with Crippen LogP contribution >= 0.6 is 0 Å². The first-order valence-corrected chi connectivity index (χ1v) is 12.3. The maximum Gasteiger partial charge on any atom is 0.344 e. The zero-order valence-electron chi connectivity index (χ0n) is 18.4. The van der Waals surface area contributed by atoms with Gasteiger partial charge in [0.15, 0.2) is 28.8 Å². The fraction of sp³-hybridized carbons (Fsp3) is 0.435. The summed E-state index contributed by atoms with van der Waals surface area (Å²) in [6, 6.07) is 7.96. The third-order valence-corrected chi connectivity index (χ3v) is 7.33. The summed E-state index contributed by atoms with van der Waals surface area (Å²) >= 11 is 0. The molecule has 0 radical (unpaired) electrons. The third kappa shape index (κ3) is 5.45. The Balaban J connectivity index is 1.54. The van der Waals surface area contributed by atoms with Crippen LogP contribution in [0.2, 0.25) is 0 Å². The average molecular weight is 462 g/mol. The van der Waals surface area contributed by atoms with E-state index in [0.29, 0.717) is 35.4 Å². The number of carbonyl (C=O) groups excluding carboxylic acids is 3. The topological polar surface area (TPSA) is 109 Å². The van der Waals surface area contributed by atoms with Crippen molar-refractivity contribution < 1.29 is 32.3 Å². The number of sulfone groups is 1. The van der Waals surface area contributed by atoms with Gasteiger partial charge in [-0.25, -0.2) is 13.2 Å². The molecule has 0 N–H and O–H groups in total. The highest BCUT2D eigenvalue weighted by Crippen LogP contribution is 2.29. The molecule has 9 heteroatoms. The van der Waals surface area contributed by atoms with Crippen LogP contribution < -0.4 is 4.74 Å². The number of ether oxygens (including phenoxy) is 2. The van der Waals surface area contributed by atoms with Crippen LogP contribution in [-0.4, -0.2) is 55.2 Å². The van der Waals surface area contributed by atoms with Gasteiger partial charge in [-0.3, -0.25) is 9.59 Å². The number of hydrogen-bond acceptors (Lipinski definition) is 7. The molecule has 1 aliphatic heterocycles. The molecule has 1 aromatic heterocycles. The summed E-state index contributed by atoms with van der Waals surface area (Å²) in [4.78, 5) is 36.2. The van der Waals surface area contributed by atoms with Crippen molar-refractivity contribution >= 4 is 27.4 Å². The first kappa shape index (κ1) is 23.7. The lowest BCUT2D eigenvalue weighted by Gasteiger charge is -2.16. The number of Topliss-reactive ketones (excluding diaryl/α,β-unsaturated/α-hetero) is 2. The Hall–Kier alpha value is -2.94. The van der Waals surface area contributed by atoms with Crippen molar-refractivity contribution in [2.45, 2.75) is 39.7 Å². The Morgan fingerprint density at radius 1 is 1.06 bits per heavy atom. The van der Waals surface area contributed by atoms with Crippen LogP contribution in [0.4, 0.5) is 0 Å². The number of esters is 1. The van der Waals surface area contributed by atoms with Crippen LogP contribution in [0.25, 0.3) is 0 Å². The molecule has 0 aliphatic carbocycles. The molecule has 1 fully saturated rings. The predicted octanol–water partition coefficient (Wildman–Crippen LogP) is 2.86. The molecule has 1 aliphatic rings. The second-order valence-electron chi connectivity index (χ2n) is 7.89. The highest BCUT2D eigenvalue weighted by molar-refractivity contribution is 7.91. The quantitative estimate of drug-likeness (QED) is 0.417. The Bertz CT molecular complexity index is 1130. The fourth-order valence-electron chi connectivity index (χ4n) is 3.95. The zero-order valence-corrected chi connectivity index (χ0v) is 19.2. The zero-order chi connectivity index (χ0) is 23.5. The molecule has 2 aromatic rings. The standard InChI is InChI=1S/C23H27NO7S/c1-4-21(25)17-5-7-19(8-6-17)30-13-23(27)31-12-22(26)20-11-15(2)24(16(20)3)18-9-10-32(28,29)14-18/h5-8,11,18H,4,9-10,12-14H2,1-3H3. The molecule has 172 valence electrons. The van der Waals surface area contributed by atoms with E-state index < -0.39 is 22.4 Å². The molecule has 1 saturated heterocycles. The summed E-state index contributed by atoms with van der Waals surface area (Å²) < 4.78 is 35.9. The van der Waals surface area contributed by atoms with E-state index in [4.69, 9.17) is 9.47 Å². The van der Waals surface area contributed by atoms with Crippen molar-refractivity contribution in [3.05, 3.63) is 52.8 Å². The van der Waals surface area contributed by atoms with Crippen LogP contribution in [0.15, 0.2) is 30.3 Å². The molecule has 0 bridgehead atoms. The Morgan fingerprint density at radius 3 is 2.34 bits per heavy atom. The van der Waals surface area contributed by atoms with Gasteiger partial charge in [0.05, 0.1) is 11.5 Å². The molecule has 0 amide bonds. The summed E-state index contributed by atoms with van der Waals surface area (Å²) in [5.41, 5.74) is 2.45. The predicted molar refractivity (Wildman–Crippen MR) is 118 cm³/mol. The Morgan fingerprint density at radius 2 is 1.75 bits per heavy atom. The monoisotopic (exact) mass is 461 g/mol. The van der Waals surface area contributed by atoms with E-state index in [1.807, 2.05) is 11.5 Å². The lowest BCUT2D eigenvalue weighted by molar-refractivity contribution is -0.144. The van der Waals surface area contributed by atoms with Gasteiger partial charge in [-0.05, 0) is 50.6 Å². The minimum Gasteiger partial charge on any atom is -0.482 e. The normalized spacial score (nSPS) is 17.2. The minimum absolute atomic E-state index is 0.0170. The second kappa shape index (κ2) is 9.68. The van der Waals surface area contributed by atoms with Crippen LogP contribution in [0.3, 0.4) is 0 Å². The number of hydrogen-bond donors (Lipinski definition) is 0. The van der Waals surface area contributed by atoms with Crippen molar-refractivity contribution in [1.29, 1.82) is 0 Å². The summed E-state index contributed by atoms with van der Waals surface area (Å²) in [7, 11) is -3.05. The van der Waals surface area contributed by atoms with E-state index in [-0.39, 0.29) is 35.7 Å². The average Bonchev–Trinajstić information content (AvgIpc) is 3.27. The van der Waals surface area contributed by atoms with E-state index in [0.717, 1.165) is 5.69 Å². The first-order chi connectivity index (χ1) is 15.1. The number of aryl methyl sites for hydroxylation is 1. The molecular weight excluding hydrogens is 434 g/mol. The Kier molecular flexibility index (Phi) is 7.18. The molecule has 3 rings (SSSR count). The van der Waals surface area contributed by atoms with Crippen molar-refractivity contribution in [1.82, 2.24) is 4.57 Å². The first-order valence-electron chi connectivity index (χ1n) is 10.4. The molecule has 0 saturated carbocycles. The smallest absolute Gasteiger partial charge is 0.344 e. The number of rotatable bonds is 9. The van der Waals surface area contributed by atoms with Gasteiger partial charge in [-0.15, -0.1) is 0 Å². The van der Waals surface area contributed by atoms with Crippen molar-refractivity contribution in [3.63, 3.8) is 0 Å². The van der Waals surface area contributed by atoms with Gasteiger partial charge in [0, 0.05) is 35.0 Å². The third-order valence-electron chi connectivity index (χ3n) is 5.58. The van der Waals surface area contributed by atoms with Gasteiger partial charge in [-0.2, -0.15) is 0 Å². The number of benzene rings is 1. The van der Waals surface area contributed by atoms with Gasteiger partial charge in [0.2, 0.25) is 5.78 Å². The highest BCUT2D eigenvalue weighted by atomic mass is 32.2. The van der Waals surface area contributed by atoms with E-state index in [2.05, 4.69) is 0 Å². The molecule has 0 spiro atoms. The lowest BCUT2D eigenvalue weighted by atomic mass is 10.1. The molecule has 8 nitrogen and oxygen atoms in total. The van der Waals surface area contributed by atoms with Crippen LogP contribution in [0, 0.1) is 13.8 Å². The molecular formula is C23H27NO7S. The second-order valence-corrected chi connectivity index (χ2v) is 10.1. The maximum atomic E-state index is 12.6. The van der Waals surface area contributed by atoms with Crippen molar-refractivity contribution in [2.24, 2.45) is 0 Å². The number of ketones is 2. The van der Waals surface area contributed by atoms with E-state index >= 15 is 0 Å².